The van der Waals surface area contributed by atoms with Gasteiger partial charge in [0.1, 0.15) is 0 Å². The van der Waals surface area contributed by atoms with E-state index in [4.69, 9.17) is 4.74 Å². The van der Waals surface area contributed by atoms with Crippen molar-refractivity contribution in [2.45, 2.75) is 6.10 Å². The number of halogens is 1. The maximum absolute atomic E-state index is 12.9. The van der Waals surface area contributed by atoms with Crippen LogP contribution in [0.1, 0.15) is 32.4 Å². The largest absolute Gasteiger partial charge is 0.445 e. The van der Waals surface area contributed by atoms with Gasteiger partial charge in [0, 0.05) is 14.7 Å². The number of benzene rings is 3. The zero-order valence-electron chi connectivity index (χ0n) is 13.3. The Morgan fingerprint density at radius 2 is 1.32 bits per heavy atom. The lowest BCUT2D eigenvalue weighted by molar-refractivity contribution is 0.0279. The summed E-state index contributed by atoms with van der Waals surface area (Å²) in [4.78, 5) is 25.5. The van der Waals surface area contributed by atoms with Crippen molar-refractivity contribution in [2.75, 3.05) is 0 Å². The first-order valence-electron chi connectivity index (χ1n) is 7.76. The molecule has 0 heterocycles. The average Bonchev–Trinajstić information content (AvgIpc) is 2.67. The summed E-state index contributed by atoms with van der Waals surface area (Å²) in [6, 6.07) is 25.1. The zero-order chi connectivity index (χ0) is 17.6. The minimum atomic E-state index is -0.980. The van der Waals surface area contributed by atoms with E-state index in [1.165, 1.54) is 0 Å². The monoisotopic (exact) mass is 442 g/mol. The van der Waals surface area contributed by atoms with Gasteiger partial charge in [0.25, 0.3) is 0 Å². The number of rotatable bonds is 5. The first-order valence-corrected chi connectivity index (χ1v) is 8.84. The van der Waals surface area contributed by atoms with Crippen molar-refractivity contribution < 1.29 is 14.3 Å². The molecular formula is C21H15IO3. The van der Waals surface area contributed by atoms with E-state index in [-0.39, 0.29) is 5.78 Å². The molecule has 0 aliphatic heterocycles. The summed E-state index contributed by atoms with van der Waals surface area (Å²) in [7, 11) is 0. The molecule has 0 radical (unpaired) electrons. The third kappa shape index (κ3) is 4.14. The Morgan fingerprint density at radius 3 is 1.96 bits per heavy atom. The second-order valence-electron chi connectivity index (χ2n) is 5.41. The lowest BCUT2D eigenvalue weighted by Crippen LogP contribution is -2.20. The highest BCUT2D eigenvalue weighted by atomic mass is 127. The minimum Gasteiger partial charge on any atom is -0.445 e. The van der Waals surface area contributed by atoms with Crippen LogP contribution < -0.4 is 0 Å². The molecule has 0 amide bonds. The van der Waals surface area contributed by atoms with Crippen LogP contribution in [-0.2, 0) is 4.74 Å². The third-order valence-corrected chi connectivity index (χ3v) is 4.66. The molecule has 0 aliphatic carbocycles. The number of Topliss-reactive ketones (excluding diaryl/α,β-unsaturated/α-hetero) is 1. The highest BCUT2D eigenvalue weighted by Crippen LogP contribution is 2.25. The van der Waals surface area contributed by atoms with Gasteiger partial charge in [-0.05, 0) is 34.7 Å². The van der Waals surface area contributed by atoms with Crippen LogP contribution in [0.4, 0.5) is 0 Å². The molecular weight excluding hydrogens is 427 g/mol. The van der Waals surface area contributed by atoms with Gasteiger partial charge < -0.3 is 4.74 Å². The van der Waals surface area contributed by atoms with E-state index >= 15 is 0 Å². The Bertz CT molecular complexity index is 876. The Hall–Kier alpha value is -2.47. The molecule has 0 saturated carbocycles. The summed E-state index contributed by atoms with van der Waals surface area (Å²) in [6.45, 7) is 0. The first kappa shape index (κ1) is 17.4. The number of ketones is 1. The molecule has 0 saturated heterocycles. The summed E-state index contributed by atoms with van der Waals surface area (Å²) in [5.41, 5.74) is 1.60. The van der Waals surface area contributed by atoms with E-state index in [1.54, 1.807) is 48.5 Å². The van der Waals surface area contributed by atoms with Gasteiger partial charge in [-0.1, -0.05) is 72.8 Å². The molecule has 0 unspecified atom stereocenters. The van der Waals surface area contributed by atoms with E-state index in [0.29, 0.717) is 16.7 Å². The van der Waals surface area contributed by atoms with Crippen LogP contribution in [0.3, 0.4) is 0 Å². The maximum atomic E-state index is 12.9. The zero-order valence-corrected chi connectivity index (χ0v) is 15.4. The Kier molecular flexibility index (Phi) is 5.60. The maximum Gasteiger partial charge on any atom is 0.340 e. The van der Waals surface area contributed by atoms with Gasteiger partial charge in [-0.15, -0.1) is 0 Å². The molecule has 0 bridgehead atoms. The lowest BCUT2D eigenvalue weighted by Gasteiger charge is -2.18. The standard InChI is InChI=1S/C21H15IO3/c22-18-14-8-7-13-17(18)21(24)25-20(16-11-5-2-6-12-16)19(23)15-9-3-1-4-10-15/h1-14,20H/t20-/m0/s1. The van der Waals surface area contributed by atoms with Crippen LogP contribution in [0.5, 0.6) is 0 Å². The predicted octanol–water partition coefficient (Wildman–Crippen LogP) is 5.07. The molecule has 3 aromatic carbocycles. The topological polar surface area (TPSA) is 43.4 Å². The summed E-state index contributed by atoms with van der Waals surface area (Å²) in [5, 5.41) is 0. The van der Waals surface area contributed by atoms with Crippen LogP contribution in [0.15, 0.2) is 84.9 Å². The Morgan fingerprint density at radius 1 is 0.760 bits per heavy atom. The van der Waals surface area contributed by atoms with Gasteiger partial charge in [0.15, 0.2) is 6.10 Å². The fourth-order valence-corrected chi connectivity index (χ4v) is 3.06. The molecule has 4 heteroatoms. The predicted molar refractivity (Wildman–Crippen MR) is 105 cm³/mol. The number of carbonyl (C=O) groups excluding carboxylic acids is 2. The van der Waals surface area contributed by atoms with Crippen LogP contribution in [0.2, 0.25) is 0 Å². The van der Waals surface area contributed by atoms with Crippen molar-refractivity contribution in [1.82, 2.24) is 0 Å². The fourth-order valence-electron chi connectivity index (χ4n) is 2.45. The van der Waals surface area contributed by atoms with Gasteiger partial charge in [-0.25, -0.2) is 4.79 Å². The molecule has 0 N–H and O–H groups in total. The van der Waals surface area contributed by atoms with Gasteiger partial charge in [0.05, 0.1) is 5.56 Å². The highest BCUT2D eigenvalue weighted by Gasteiger charge is 2.27. The van der Waals surface area contributed by atoms with E-state index < -0.39 is 12.1 Å². The average molecular weight is 442 g/mol. The van der Waals surface area contributed by atoms with Crippen LogP contribution in [-0.4, -0.2) is 11.8 Å². The molecule has 25 heavy (non-hydrogen) atoms. The summed E-state index contributed by atoms with van der Waals surface area (Å²) >= 11 is 2.08. The van der Waals surface area contributed by atoms with Crippen molar-refractivity contribution in [3.63, 3.8) is 0 Å². The van der Waals surface area contributed by atoms with E-state index in [1.807, 2.05) is 36.4 Å². The molecule has 3 nitrogen and oxygen atoms in total. The number of esters is 1. The van der Waals surface area contributed by atoms with Crippen LogP contribution >= 0.6 is 22.6 Å². The van der Waals surface area contributed by atoms with Crippen molar-refractivity contribution >= 4 is 34.3 Å². The lowest BCUT2D eigenvalue weighted by atomic mass is 10.00. The van der Waals surface area contributed by atoms with Gasteiger partial charge >= 0.3 is 5.97 Å². The van der Waals surface area contributed by atoms with Crippen molar-refractivity contribution in [3.05, 3.63) is 105 Å². The van der Waals surface area contributed by atoms with Gasteiger partial charge in [-0.2, -0.15) is 0 Å². The molecule has 0 spiro atoms. The third-order valence-electron chi connectivity index (χ3n) is 3.72. The van der Waals surface area contributed by atoms with E-state index in [9.17, 15) is 9.59 Å². The fraction of sp³-hybridized carbons (Fsp3) is 0.0476. The quantitative estimate of drug-likeness (QED) is 0.315. The molecule has 0 fully saturated rings. The van der Waals surface area contributed by atoms with Crippen molar-refractivity contribution in [1.29, 1.82) is 0 Å². The molecule has 1 atom stereocenters. The minimum absolute atomic E-state index is 0.244. The van der Waals surface area contributed by atoms with E-state index in [2.05, 4.69) is 22.6 Å². The van der Waals surface area contributed by atoms with Gasteiger partial charge in [-0.3, -0.25) is 4.79 Å². The molecule has 0 aromatic heterocycles. The first-order chi connectivity index (χ1) is 12.2. The van der Waals surface area contributed by atoms with Crippen molar-refractivity contribution in [2.24, 2.45) is 0 Å². The molecule has 3 rings (SSSR count). The molecule has 124 valence electrons. The van der Waals surface area contributed by atoms with Crippen molar-refractivity contribution in [3.8, 4) is 0 Å². The summed E-state index contributed by atoms with van der Waals surface area (Å²) in [5.74, 6) is -0.755. The van der Waals surface area contributed by atoms with E-state index in [0.717, 1.165) is 3.57 Å². The second kappa shape index (κ2) is 8.07. The number of carbonyl (C=O) groups is 2. The SMILES string of the molecule is O=C(O[C@H](C(=O)c1ccccc1)c1ccccc1)c1ccccc1I. The Labute approximate surface area is 159 Å². The second-order valence-corrected chi connectivity index (χ2v) is 6.57. The number of hydrogen-bond donors (Lipinski definition) is 0. The number of ether oxygens (including phenoxy) is 1. The highest BCUT2D eigenvalue weighted by molar-refractivity contribution is 14.1. The number of hydrogen-bond acceptors (Lipinski definition) is 3. The van der Waals surface area contributed by atoms with Crippen LogP contribution in [0, 0.1) is 3.57 Å². The smallest absolute Gasteiger partial charge is 0.340 e. The molecule has 0 aliphatic rings. The summed E-state index contributed by atoms with van der Waals surface area (Å²) in [6.07, 6.45) is -0.980. The summed E-state index contributed by atoms with van der Waals surface area (Å²) < 4.78 is 6.41. The molecule has 3 aromatic rings. The van der Waals surface area contributed by atoms with Gasteiger partial charge in [0.2, 0.25) is 5.78 Å². The normalized spacial score (nSPS) is 11.6. The van der Waals surface area contributed by atoms with Crippen LogP contribution in [0.25, 0.3) is 0 Å². The Balaban J connectivity index is 1.94.